The summed E-state index contributed by atoms with van der Waals surface area (Å²) in [4.78, 5) is 0. The number of hydrogen-bond acceptors (Lipinski definition) is 3. The van der Waals surface area contributed by atoms with Gasteiger partial charge in [-0.15, -0.1) is 6.58 Å². The van der Waals surface area contributed by atoms with Crippen molar-refractivity contribution in [2.24, 2.45) is 12.5 Å². The van der Waals surface area contributed by atoms with Gasteiger partial charge in [-0.2, -0.15) is 5.10 Å². The van der Waals surface area contributed by atoms with Gasteiger partial charge in [0, 0.05) is 39.1 Å². The number of hydrogen-bond donors (Lipinski definition) is 1. The minimum absolute atomic E-state index is 0.109. The highest BCUT2D eigenvalue weighted by molar-refractivity contribution is 5.03. The lowest BCUT2D eigenvalue weighted by atomic mass is 9.85. The third kappa shape index (κ3) is 4.63. The van der Waals surface area contributed by atoms with E-state index in [1.165, 1.54) is 5.69 Å². The van der Waals surface area contributed by atoms with E-state index in [0.29, 0.717) is 0 Å². The van der Waals surface area contributed by atoms with Crippen molar-refractivity contribution in [3.63, 3.8) is 0 Å². The standard InChI is InChI=1S/C14H25N3O/c1-5-14(2,12-15-10-11-18-4)8-6-13-7-9-16-17(13)3/h5,7,9,15H,1,6,8,10-12H2,2-4H3. The van der Waals surface area contributed by atoms with E-state index in [4.69, 9.17) is 4.74 Å². The molecule has 1 atom stereocenters. The fourth-order valence-electron chi connectivity index (χ4n) is 1.87. The van der Waals surface area contributed by atoms with E-state index < -0.39 is 0 Å². The Bertz CT molecular complexity index is 362. The van der Waals surface area contributed by atoms with Crippen molar-refractivity contribution in [3.05, 3.63) is 30.6 Å². The summed E-state index contributed by atoms with van der Waals surface area (Å²) in [5.41, 5.74) is 1.37. The van der Waals surface area contributed by atoms with Gasteiger partial charge in [-0.3, -0.25) is 4.68 Å². The van der Waals surface area contributed by atoms with Crippen LogP contribution in [0.1, 0.15) is 19.0 Å². The average molecular weight is 251 g/mol. The van der Waals surface area contributed by atoms with E-state index in [-0.39, 0.29) is 5.41 Å². The summed E-state index contributed by atoms with van der Waals surface area (Å²) < 4.78 is 6.96. The minimum Gasteiger partial charge on any atom is -0.383 e. The molecule has 0 saturated carbocycles. The second-order valence-corrected chi connectivity index (χ2v) is 4.97. The van der Waals surface area contributed by atoms with Gasteiger partial charge in [0.2, 0.25) is 0 Å². The third-order valence-electron chi connectivity index (χ3n) is 3.38. The first kappa shape index (κ1) is 14.9. The van der Waals surface area contributed by atoms with Crippen molar-refractivity contribution in [1.29, 1.82) is 0 Å². The van der Waals surface area contributed by atoms with Gasteiger partial charge in [-0.25, -0.2) is 0 Å². The van der Waals surface area contributed by atoms with Gasteiger partial charge in [0.05, 0.1) is 6.61 Å². The molecule has 18 heavy (non-hydrogen) atoms. The summed E-state index contributed by atoms with van der Waals surface area (Å²) in [5, 5.41) is 7.59. The Labute approximate surface area is 110 Å². The summed E-state index contributed by atoms with van der Waals surface area (Å²) in [6.07, 6.45) is 5.97. The Morgan fingerprint density at radius 1 is 1.61 bits per heavy atom. The van der Waals surface area contributed by atoms with Crippen molar-refractivity contribution >= 4 is 0 Å². The Morgan fingerprint density at radius 3 is 2.94 bits per heavy atom. The molecule has 0 saturated heterocycles. The predicted octanol–water partition coefficient (Wildman–Crippen LogP) is 1.78. The van der Waals surface area contributed by atoms with Crippen molar-refractivity contribution in [3.8, 4) is 0 Å². The van der Waals surface area contributed by atoms with Crippen LogP contribution in [0.5, 0.6) is 0 Å². The highest BCUT2D eigenvalue weighted by atomic mass is 16.5. The summed E-state index contributed by atoms with van der Waals surface area (Å²) in [7, 11) is 3.70. The van der Waals surface area contributed by atoms with Crippen LogP contribution in [0.3, 0.4) is 0 Å². The van der Waals surface area contributed by atoms with Gasteiger partial charge in [0.1, 0.15) is 0 Å². The van der Waals surface area contributed by atoms with Crippen LogP contribution in [0.15, 0.2) is 24.9 Å². The summed E-state index contributed by atoms with van der Waals surface area (Å²) in [5.74, 6) is 0. The molecule has 0 radical (unpaired) electrons. The van der Waals surface area contributed by atoms with E-state index in [9.17, 15) is 0 Å². The monoisotopic (exact) mass is 251 g/mol. The van der Waals surface area contributed by atoms with E-state index in [1.807, 2.05) is 24.0 Å². The first-order valence-corrected chi connectivity index (χ1v) is 6.41. The number of nitrogens with zero attached hydrogens (tertiary/aromatic N) is 2. The van der Waals surface area contributed by atoms with Crippen LogP contribution in [0.4, 0.5) is 0 Å². The summed E-state index contributed by atoms with van der Waals surface area (Å²) in [6.45, 7) is 8.75. The van der Waals surface area contributed by atoms with Crippen LogP contribution < -0.4 is 5.32 Å². The van der Waals surface area contributed by atoms with Crippen LogP contribution in [0.2, 0.25) is 0 Å². The largest absolute Gasteiger partial charge is 0.383 e. The first-order chi connectivity index (χ1) is 8.61. The second kappa shape index (κ2) is 7.34. The maximum absolute atomic E-state index is 5.02. The number of methoxy groups -OCH3 is 1. The lowest BCUT2D eigenvalue weighted by Gasteiger charge is -2.26. The Hall–Kier alpha value is -1.13. The van der Waals surface area contributed by atoms with Crippen molar-refractivity contribution in [2.45, 2.75) is 19.8 Å². The van der Waals surface area contributed by atoms with Gasteiger partial charge in [0.15, 0.2) is 0 Å². The molecule has 1 unspecified atom stereocenters. The molecule has 4 nitrogen and oxygen atoms in total. The molecule has 1 aromatic rings. The molecule has 0 spiro atoms. The average Bonchev–Trinajstić information content (AvgIpc) is 2.78. The highest BCUT2D eigenvalue weighted by Crippen LogP contribution is 2.23. The zero-order chi connectivity index (χ0) is 13.4. The van der Waals surface area contributed by atoms with Gasteiger partial charge in [-0.05, 0) is 24.3 Å². The molecule has 1 aromatic heterocycles. The number of ether oxygens (including phenoxy) is 1. The van der Waals surface area contributed by atoms with Crippen LogP contribution in [-0.4, -0.2) is 36.6 Å². The Kier molecular flexibility index (Phi) is 6.09. The summed E-state index contributed by atoms with van der Waals surface area (Å²) >= 11 is 0. The fourth-order valence-corrected chi connectivity index (χ4v) is 1.87. The van der Waals surface area contributed by atoms with E-state index >= 15 is 0 Å². The molecule has 1 heterocycles. The Morgan fingerprint density at radius 2 is 2.39 bits per heavy atom. The number of aromatic nitrogens is 2. The molecule has 102 valence electrons. The molecule has 1 rings (SSSR count). The lowest BCUT2D eigenvalue weighted by molar-refractivity contribution is 0.195. The highest BCUT2D eigenvalue weighted by Gasteiger charge is 2.20. The molecule has 0 aliphatic heterocycles. The van der Waals surface area contributed by atoms with Gasteiger partial charge >= 0.3 is 0 Å². The minimum atomic E-state index is 0.109. The van der Waals surface area contributed by atoms with Crippen LogP contribution in [0.25, 0.3) is 0 Å². The molecule has 1 N–H and O–H groups in total. The van der Waals surface area contributed by atoms with E-state index in [0.717, 1.165) is 32.5 Å². The number of nitrogens with one attached hydrogen (secondary N) is 1. The predicted molar refractivity (Wildman–Crippen MR) is 74.6 cm³/mol. The molecular formula is C14H25N3O. The van der Waals surface area contributed by atoms with E-state index in [2.05, 4.69) is 30.0 Å². The molecule has 0 fully saturated rings. The summed E-state index contributed by atoms with van der Waals surface area (Å²) in [6, 6.07) is 2.07. The molecule has 0 bridgehead atoms. The molecule has 0 amide bonds. The quantitative estimate of drug-likeness (QED) is 0.537. The normalized spacial score (nSPS) is 14.4. The smallest absolute Gasteiger partial charge is 0.0587 e. The SMILES string of the molecule is C=CC(C)(CCc1ccnn1C)CNCCOC. The van der Waals surface area contributed by atoms with Crippen LogP contribution in [0, 0.1) is 5.41 Å². The number of aryl methyl sites for hydroxylation is 2. The van der Waals surface area contributed by atoms with Gasteiger partial charge in [-0.1, -0.05) is 13.0 Å². The fraction of sp³-hybridized carbons (Fsp3) is 0.643. The molecular weight excluding hydrogens is 226 g/mol. The molecule has 0 aliphatic rings. The maximum Gasteiger partial charge on any atom is 0.0587 e. The number of rotatable bonds is 9. The van der Waals surface area contributed by atoms with Gasteiger partial charge < -0.3 is 10.1 Å². The Balaban J connectivity index is 2.39. The van der Waals surface area contributed by atoms with Crippen molar-refractivity contribution in [1.82, 2.24) is 15.1 Å². The third-order valence-corrected chi connectivity index (χ3v) is 3.38. The van der Waals surface area contributed by atoms with Crippen molar-refractivity contribution < 1.29 is 4.74 Å². The first-order valence-electron chi connectivity index (χ1n) is 6.41. The van der Waals surface area contributed by atoms with E-state index in [1.54, 1.807) is 7.11 Å². The topological polar surface area (TPSA) is 39.1 Å². The molecule has 0 aliphatic carbocycles. The lowest BCUT2D eigenvalue weighted by Crippen LogP contribution is -2.32. The van der Waals surface area contributed by atoms with Crippen molar-refractivity contribution in [2.75, 3.05) is 26.8 Å². The zero-order valence-electron chi connectivity index (χ0n) is 11.8. The van der Waals surface area contributed by atoms with Crippen LogP contribution >= 0.6 is 0 Å². The zero-order valence-corrected chi connectivity index (χ0v) is 11.8. The van der Waals surface area contributed by atoms with Crippen LogP contribution in [-0.2, 0) is 18.2 Å². The van der Waals surface area contributed by atoms with Gasteiger partial charge in [0.25, 0.3) is 0 Å². The maximum atomic E-state index is 5.02. The molecule has 0 aromatic carbocycles. The second-order valence-electron chi connectivity index (χ2n) is 4.97. The molecule has 4 heteroatoms.